The van der Waals surface area contributed by atoms with Crippen LogP contribution in [0.25, 0.3) is 0 Å². The number of aryl methyl sites for hydroxylation is 1. The summed E-state index contributed by atoms with van der Waals surface area (Å²) in [7, 11) is -5.25. The number of nitrogens with one attached hydrogen (secondary N) is 4. The van der Waals surface area contributed by atoms with E-state index in [1.165, 1.54) is 18.2 Å². The first-order valence-corrected chi connectivity index (χ1v) is 27.0. The molecule has 5 amide bonds. The highest BCUT2D eigenvalue weighted by Gasteiger charge is 2.25. The lowest BCUT2D eigenvalue weighted by atomic mass is 10.1. The average Bonchev–Trinajstić information content (AvgIpc) is 3.89. The van der Waals surface area contributed by atoms with E-state index in [-0.39, 0.29) is 69.6 Å². The van der Waals surface area contributed by atoms with Crippen molar-refractivity contribution in [3.8, 4) is 5.75 Å². The maximum atomic E-state index is 13.6. The third-order valence-electron chi connectivity index (χ3n) is 11.8. The smallest absolute Gasteiger partial charge is 0.481 e. The molecule has 1 aliphatic rings. The Morgan fingerprint density at radius 1 is 0.680 bits per heavy atom. The Bertz CT molecular complexity index is 2230. The number of aliphatic carboxylic acids is 3. The van der Waals surface area contributed by atoms with E-state index in [1.807, 2.05) is 25.7 Å². The first kappa shape index (κ1) is 64.9. The molecule has 2 aromatic rings. The summed E-state index contributed by atoms with van der Waals surface area (Å²) >= 11 is 0. The van der Waals surface area contributed by atoms with Crippen LogP contribution in [0.1, 0.15) is 120 Å². The van der Waals surface area contributed by atoms with Crippen LogP contribution in [0.15, 0.2) is 48.5 Å². The third kappa shape index (κ3) is 29.4. The van der Waals surface area contributed by atoms with Crippen LogP contribution in [-0.2, 0) is 57.0 Å². The minimum Gasteiger partial charge on any atom is -0.481 e. The molecule has 0 aromatic heterocycles. The standard InChI is InChI=1S/C46H69FN8O12S.C5H10O2/c1-4-21-52(25-27-54(33-43(60)61)28-26-53(22-5-2)32-42(58)59)31-41(57)48-20-7-6-13-39(51-40(56)19-16-35-11-10-12-38(29-35)67-68(47,65)66)45(63)49-30-36-14-17-37(18-15-36)44(62)50-34(3)46(64)55-23-8-9-24-55;1-2-3-4-5(6)7/h10-12,14-15,17-18,29,34,39H,4-9,13,16,19-28,30-33H2,1-3H3,(H,48,57)(H,49,63)(H,50,62)(H,51,56)(H,58,59)(H,60,61);2-4H2,1H3,(H,6,7). The van der Waals surface area contributed by atoms with Crippen LogP contribution in [0.3, 0.4) is 0 Å². The van der Waals surface area contributed by atoms with Gasteiger partial charge in [-0.05, 0) is 113 Å². The van der Waals surface area contributed by atoms with Crippen molar-refractivity contribution in [3.63, 3.8) is 0 Å². The summed E-state index contributed by atoms with van der Waals surface area (Å²) < 4.78 is 39.2. The Morgan fingerprint density at radius 3 is 1.80 bits per heavy atom. The van der Waals surface area contributed by atoms with E-state index in [0.29, 0.717) is 88.3 Å². The van der Waals surface area contributed by atoms with Crippen LogP contribution < -0.4 is 25.5 Å². The average molecular weight is 1080 g/mol. The molecule has 2 aromatic carbocycles. The van der Waals surface area contributed by atoms with Gasteiger partial charge in [-0.3, -0.25) is 53.1 Å². The highest BCUT2D eigenvalue weighted by atomic mass is 32.3. The molecular weight excluding hydrogens is 1000 g/mol. The van der Waals surface area contributed by atoms with Crippen LogP contribution >= 0.6 is 0 Å². The van der Waals surface area contributed by atoms with Crippen LogP contribution in [0, 0.1) is 0 Å². The van der Waals surface area contributed by atoms with E-state index in [9.17, 15) is 60.9 Å². The summed E-state index contributed by atoms with van der Waals surface area (Å²) in [5, 5.41) is 38.0. The lowest BCUT2D eigenvalue weighted by molar-refractivity contribution is -0.140. The lowest BCUT2D eigenvalue weighted by Gasteiger charge is -2.28. The van der Waals surface area contributed by atoms with Gasteiger partial charge in [-0.1, -0.05) is 55.3 Å². The second-order valence-corrected chi connectivity index (χ2v) is 19.3. The number of hydrogen-bond acceptors (Lipinski definition) is 14. The van der Waals surface area contributed by atoms with Crippen molar-refractivity contribution in [3.05, 3.63) is 65.2 Å². The zero-order valence-corrected chi connectivity index (χ0v) is 44.7. The van der Waals surface area contributed by atoms with Crippen molar-refractivity contribution < 1.29 is 70.2 Å². The normalized spacial score (nSPS) is 13.1. The van der Waals surface area contributed by atoms with Gasteiger partial charge >= 0.3 is 28.4 Å². The summed E-state index contributed by atoms with van der Waals surface area (Å²) in [5.74, 6) is -4.66. The maximum absolute atomic E-state index is 13.6. The van der Waals surface area contributed by atoms with Crippen LogP contribution in [-0.4, -0.2) is 181 Å². The largest absolute Gasteiger partial charge is 0.488 e. The van der Waals surface area contributed by atoms with Gasteiger partial charge in [0.1, 0.15) is 17.8 Å². The maximum Gasteiger partial charge on any atom is 0.488 e. The summed E-state index contributed by atoms with van der Waals surface area (Å²) in [6.45, 7) is 11.6. The Labute approximate surface area is 440 Å². The van der Waals surface area contributed by atoms with Crippen LogP contribution in [0.5, 0.6) is 5.75 Å². The minimum absolute atomic E-state index is 0.0681. The van der Waals surface area contributed by atoms with Gasteiger partial charge in [0.25, 0.3) is 5.91 Å². The van der Waals surface area contributed by atoms with Crippen molar-refractivity contribution >= 4 is 57.9 Å². The van der Waals surface area contributed by atoms with Gasteiger partial charge in [0.15, 0.2) is 0 Å². The molecule has 0 bridgehead atoms. The fourth-order valence-corrected chi connectivity index (χ4v) is 8.31. The first-order valence-electron chi connectivity index (χ1n) is 25.7. The zero-order chi connectivity index (χ0) is 55.8. The molecule has 2 unspecified atom stereocenters. The molecule has 1 heterocycles. The van der Waals surface area contributed by atoms with E-state index < -0.39 is 58.2 Å². The molecule has 3 rings (SSSR count). The zero-order valence-electron chi connectivity index (χ0n) is 43.9. The molecule has 1 aliphatic heterocycles. The van der Waals surface area contributed by atoms with Crippen molar-refractivity contribution in [2.75, 3.05) is 78.5 Å². The molecule has 1 saturated heterocycles. The number of rotatable bonds is 36. The Balaban J connectivity index is 0.00000256. The molecule has 0 saturated carbocycles. The van der Waals surface area contributed by atoms with E-state index in [1.54, 1.807) is 52.0 Å². The number of benzene rings is 2. The minimum atomic E-state index is -5.25. The predicted octanol–water partition coefficient (Wildman–Crippen LogP) is 3.20. The number of carbonyl (C=O) groups is 8. The van der Waals surface area contributed by atoms with Crippen molar-refractivity contribution in [2.24, 2.45) is 0 Å². The number of carboxylic acid groups (broad SMARTS) is 3. The van der Waals surface area contributed by atoms with Gasteiger partial charge in [0.05, 0.1) is 19.6 Å². The van der Waals surface area contributed by atoms with Gasteiger partial charge < -0.3 is 45.7 Å². The number of unbranched alkanes of at least 4 members (excludes halogenated alkanes) is 2. The van der Waals surface area contributed by atoms with Gasteiger partial charge in [-0.25, -0.2) is 0 Å². The quantitative estimate of drug-likeness (QED) is 0.0381. The number of nitrogens with zero attached hydrogens (tertiary/aromatic N) is 4. The fourth-order valence-electron chi connectivity index (χ4n) is 7.98. The van der Waals surface area contributed by atoms with Gasteiger partial charge in [0, 0.05) is 70.8 Å². The molecule has 420 valence electrons. The Kier molecular flexibility index (Phi) is 31.0. The second kappa shape index (κ2) is 35.9. The molecule has 2 atom stereocenters. The topological polar surface area (TPSA) is 302 Å². The van der Waals surface area contributed by atoms with E-state index >= 15 is 0 Å². The summed E-state index contributed by atoms with van der Waals surface area (Å²) in [6, 6.07) is 10.5. The highest BCUT2D eigenvalue weighted by Crippen LogP contribution is 2.18. The molecule has 0 spiro atoms. The monoisotopic (exact) mass is 1080 g/mol. The molecule has 0 aliphatic carbocycles. The van der Waals surface area contributed by atoms with Gasteiger partial charge in [0.2, 0.25) is 23.6 Å². The van der Waals surface area contributed by atoms with E-state index in [4.69, 9.17) is 5.11 Å². The fraction of sp³-hybridized carbons (Fsp3) is 0.608. The molecular formula is C51H79FN8O14S. The summed E-state index contributed by atoms with van der Waals surface area (Å²) in [5.41, 5.74) is 1.50. The summed E-state index contributed by atoms with van der Waals surface area (Å²) in [4.78, 5) is 105. The number of likely N-dealkylation sites (tertiary alicyclic amines) is 1. The van der Waals surface area contributed by atoms with Crippen LogP contribution in [0.4, 0.5) is 3.89 Å². The molecule has 7 N–H and O–H groups in total. The van der Waals surface area contributed by atoms with Crippen molar-refractivity contribution in [2.45, 2.75) is 123 Å². The first-order chi connectivity index (χ1) is 35.6. The Hall–Kier alpha value is -6.24. The number of carbonyl (C=O) groups excluding carboxylic acids is 5. The van der Waals surface area contributed by atoms with E-state index in [0.717, 1.165) is 38.5 Å². The SMILES string of the molecule is CCCCC(=O)O.CCCN(CCN(CCN(CCC)CC(=O)NCCCCC(NC(=O)CCc1cccc(OS(=O)(=O)F)c1)C(=O)NCc1ccc(C(=O)NC(C)C(=O)N2CCCC2)cc1)CC(=O)O)CC(=O)O. The number of amides is 5. The number of hydrogen-bond donors (Lipinski definition) is 7. The molecule has 1 fully saturated rings. The predicted molar refractivity (Wildman–Crippen MR) is 278 cm³/mol. The molecule has 0 radical (unpaired) electrons. The molecule has 22 nitrogen and oxygen atoms in total. The third-order valence-corrected chi connectivity index (χ3v) is 12.2. The Morgan fingerprint density at radius 2 is 1.27 bits per heavy atom. The van der Waals surface area contributed by atoms with E-state index in [2.05, 4.69) is 25.5 Å². The van der Waals surface area contributed by atoms with Gasteiger partial charge in [-0.2, -0.15) is 8.42 Å². The second-order valence-electron chi connectivity index (χ2n) is 18.3. The highest BCUT2D eigenvalue weighted by molar-refractivity contribution is 7.81. The van der Waals surface area contributed by atoms with Crippen LogP contribution in [0.2, 0.25) is 0 Å². The molecule has 24 heteroatoms. The number of halogens is 1. The summed E-state index contributed by atoms with van der Waals surface area (Å²) in [6.07, 6.45) is 6.58. The van der Waals surface area contributed by atoms with Crippen molar-refractivity contribution in [1.82, 2.24) is 40.9 Å². The molecule has 75 heavy (non-hydrogen) atoms. The van der Waals surface area contributed by atoms with Crippen molar-refractivity contribution in [1.29, 1.82) is 0 Å². The van der Waals surface area contributed by atoms with Gasteiger partial charge in [-0.15, -0.1) is 0 Å². The lowest BCUT2D eigenvalue weighted by Crippen LogP contribution is -2.46. The number of carboxylic acids is 3.